The van der Waals surface area contributed by atoms with Crippen LogP contribution in [-0.4, -0.2) is 158 Å². The van der Waals surface area contributed by atoms with Crippen molar-refractivity contribution < 1.29 is 83.7 Å². The van der Waals surface area contributed by atoms with Crippen molar-refractivity contribution in [2.24, 2.45) is 0 Å². The average molecular weight is 748 g/mol. The van der Waals surface area contributed by atoms with Gasteiger partial charge in [-0.15, -0.1) is 0 Å². The van der Waals surface area contributed by atoms with Crippen LogP contribution in [0.3, 0.4) is 0 Å². The molecule has 282 valence electrons. The highest BCUT2D eigenvalue weighted by Crippen LogP contribution is 2.37. The van der Waals surface area contributed by atoms with Crippen LogP contribution in [0.15, 0.2) is 48.5 Å². The molecule has 0 aliphatic carbocycles. The summed E-state index contributed by atoms with van der Waals surface area (Å²) in [4.78, 5) is 10.3. The van der Waals surface area contributed by atoms with Gasteiger partial charge in [0.2, 0.25) is 6.29 Å². The van der Waals surface area contributed by atoms with E-state index in [4.69, 9.17) is 49.5 Å². The number of benzene rings is 2. The SMILES string of the molecule is O=[N+]([O-])c1ccc(O[C@@H]2O[C@H](CO)[C@@H](O[C@@H]3O[C@H](CO)[C@@H](O[C@@H]4O[C@@H]5COC(c6ccccc6)O[C@H]5[C@H](O)[C@H]4O)[C@H](O)[C@H]3O)[C@H](O)[C@H]2O)c(Cl)c1. The first kappa shape index (κ1) is 38.1. The molecule has 2 aromatic carbocycles. The lowest BCUT2D eigenvalue weighted by Gasteiger charge is -2.49. The number of non-ortho nitro benzene ring substituents is 1. The lowest BCUT2D eigenvalue weighted by Crippen LogP contribution is -2.67. The molecule has 4 aliphatic rings. The van der Waals surface area contributed by atoms with Gasteiger partial charge in [0.15, 0.2) is 18.9 Å². The van der Waals surface area contributed by atoms with E-state index in [0.29, 0.717) is 5.56 Å². The molecule has 0 spiro atoms. The van der Waals surface area contributed by atoms with Gasteiger partial charge in [0, 0.05) is 17.7 Å². The number of nitrogens with zero attached hydrogens (tertiary/aromatic N) is 1. The summed E-state index contributed by atoms with van der Waals surface area (Å²) >= 11 is 6.06. The van der Waals surface area contributed by atoms with Crippen LogP contribution in [-0.2, 0) is 33.2 Å². The molecule has 0 amide bonds. The Hall–Kier alpha value is -2.67. The van der Waals surface area contributed by atoms with Crippen LogP contribution in [0.1, 0.15) is 11.9 Å². The predicted octanol–water partition coefficient (Wildman–Crippen LogP) is -2.16. The second-order valence-electron chi connectivity index (χ2n) is 12.3. The first-order valence-electron chi connectivity index (χ1n) is 15.9. The van der Waals surface area contributed by atoms with Crippen LogP contribution in [0.5, 0.6) is 5.75 Å². The van der Waals surface area contributed by atoms with Gasteiger partial charge in [-0.3, -0.25) is 10.1 Å². The Labute approximate surface area is 294 Å². The number of rotatable bonds is 10. The minimum Gasteiger partial charge on any atom is -0.460 e. The third kappa shape index (κ3) is 7.85. The Bertz CT molecular complexity index is 1470. The highest BCUT2D eigenvalue weighted by Gasteiger charge is 2.55. The zero-order valence-corrected chi connectivity index (χ0v) is 27.2. The van der Waals surface area contributed by atoms with Gasteiger partial charge in [-0.1, -0.05) is 41.9 Å². The fourth-order valence-electron chi connectivity index (χ4n) is 6.25. The summed E-state index contributed by atoms with van der Waals surface area (Å²) in [7, 11) is 0. The monoisotopic (exact) mass is 747 g/mol. The first-order valence-corrected chi connectivity index (χ1v) is 16.3. The molecule has 4 fully saturated rings. The summed E-state index contributed by atoms with van der Waals surface area (Å²) in [6, 6.07) is 12.2. The van der Waals surface area contributed by atoms with E-state index in [-0.39, 0.29) is 23.1 Å². The van der Waals surface area contributed by atoms with Crippen molar-refractivity contribution in [2.45, 2.75) is 98.4 Å². The lowest BCUT2D eigenvalue weighted by atomic mass is 9.95. The van der Waals surface area contributed by atoms with Crippen LogP contribution in [0.4, 0.5) is 5.69 Å². The molecule has 51 heavy (non-hydrogen) atoms. The highest BCUT2D eigenvalue weighted by atomic mass is 35.5. The maximum atomic E-state index is 11.1. The number of hydrogen-bond donors (Lipinski definition) is 8. The Morgan fingerprint density at radius 3 is 1.90 bits per heavy atom. The molecular formula is C31H38ClNO18. The van der Waals surface area contributed by atoms with E-state index < -0.39 is 117 Å². The fraction of sp³-hybridized carbons (Fsp3) is 0.613. The minimum absolute atomic E-state index is 0.0595. The fourth-order valence-corrected chi connectivity index (χ4v) is 6.47. The smallest absolute Gasteiger partial charge is 0.271 e. The quantitative estimate of drug-likeness (QED) is 0.0949. The second kappa shape index (κ2) is 16.1. The molecule has 20 heteroatoms. The van der Waals surface area contributed by atoms with E-state index in [1.54, 1.807) is 24.3 Å². The van der Waals surface area contributed by atoms with E-state index in [1.807, 2.05) is 6.07 Å². The molecule has 6 rings (SSSR count). The summed E-state index contributed by atoms with van der Waals surface area (Å²) in [6.07, 6.45) is -24.7. The van der Waals surface area contributed by atoms with Crippen molar-refractivity contribution in [1.29, 1.82) is 0 Å². The molecule has 0 aromatic heterocycles. The third-order valence-corrected chi connectivity index (χ3v) is 9.29. The molecule has 2 aromatic rings. The Morgan fingerprint density at radius 2 is 1.31 bits per heavy atom. The minimum atomic E-state index is -1.94. The van der Waals surface area contributed by atoms with Crippen molar-refractivity contribution in [3.63, 3.8) is 0 Å². The number of fused-ring (bicyclic) bond motifs is 1. The zero-order chi connectivity index (χ0) is 36.6. The number of aliphatic hydroxyl groups excluding tert-OH is 8. The van der Waals surface area contributed by atoms with Crippen LogP contribution in [0.25, 0.3) is 0 Å². The maximum Gasteiger partial charge on any atom is 0.271 e. The van der Waals surface area contributed by atoms with Crippen LogP contribution in [0.2, 0.25) is 5.02 Å². The van der Waals surface area contributed by atoms with Gasteiger partial charge < -0.3 is 78.7 Å². The van der Waals surface area contributed by atoms with E-state index in [0.717, 1.165) is 18.2 Å². The van der Waals surface area contributed by atoms with Crippen molar-refractivity contribution in [3.05, 3.63) is 69.2 Å². The van der Waals surface area contributed by atoms with Gasteiger partial charge in [-0.25, -0.2) is 0 Å². The molecular weight excluding hydrogens is 710 g/mol. The van der Waals surface area contributed by atoms with E-state index >= 15 is 0 Å². The summed E-state index contributed by atoms with van der Waals surface area (Å²) < 4.78 is 45.6. The normalized spacial score (nSPS) is 41.4. The maximum absolute atomic E-state index is 11.1. The third-order valence-electron chi connectivity index (χ3n) is 9.00. The topological polar surface area (TPSA) is 279 Å². The van der Waals surface area contributed by atoms with Crippen molar-refractivity contribution in [3.8, 4) is 5.75 Å². The number of hydrogen-bond acceptors (Lipinski definition) is 18. The Kier molecular flexibility index (Phi) is 12.0. The molecule has 4 saturated heterocycles. The Balaban J connectivity index is 1.08. The van der Waals surface area contributed by atoms with Crippen LogP contribution < -0.4 is 4.74 Å². The van der Waals surface area contributed by atoms with Crippen LogP contribution in [0, 0.1) is 10.1 Å². The van der Waals surface area contributed by atoms with Crippen molar-refractivity contribution in [1.82, 2.24) is 0 Å². The zero-order valence-electron chi connectivity index (χ0n) is 26.5. The summed E-state index contributed by atoms with van der Waals surface area (Å²) in [5.41, 5.74) is 0.350. The summed E-state index contributed by atoms with van der Waals surface area (Å²) in [5.74, 6) is -0.143. The average Bonchev–Trinajstić information content (AvgIpc) is 3.13. The molecule has 8 N–H and O–H groups in total. The summed E-state index contributed by atoms with van der Waals surface area (Å²) in [6.45, 7) is -1.70. The van der Waals surface area contributed by atoms with Gasteiger partial charge in [0.05, 0.1) is 29.8 Å². The van der Waals surface area contributed by atoms with E-state index in [1.165, 1.54) is 0 Å². The molecule has 0 radical (unpaired) electrons. The molecule has 1 unspecified atom stereocenters. The molecule has 4 aliphatic heterocycles. The number of halogens is 1. The lowest BCUT2D eigenvalue weighted by molar-refractivity contribution is -0.392. The van der Waals surface area contributed by atoms with Crippen molar-refractivity contribution in [2.75, 3.05) is 19.8 Å². The first-order chi connectivity index (χ1) is 24.4. The number of nitro benzene ring substituents is 1. The highest BCUT2D eigenvalue weighted by molar-refractivity contribution is 6.32. The summed E-state index contributed by atoms with van der Waals surface area (Å²) in [5, 5.41) is 96.6. The standard InChI is InChI=1S/C31H38ClNO18/c32-14-8-13(33(42)43)6-7-15(14)45-29-22(39)19(36)25(16(9-34)46-29)50-30-23(40)20(37)26(17(10-35)47-30)51-31-24(41)21(38)27-18(48-31)11-44-28(49-27)12-4-2-1-3-5-12/h1-8,16-31,34-41H,9-11H2/t16-,17-,18-,19-,20-,21-,22-,23-,24-,25-,26-,27-,28?,29-,30+,31+/m1/s1. The van der Waals surface area contributed by atoms with E-state index in [2.05, 4.69) is 0 Å². The molecule has 16 atom stereocenters. The van der Waals surface area contributed by atoms with Gasteiger partial charge in [0.1, 0.15) is 79.0 Å². The molecule has 0 saturated carbocycles. The van der Waals surface area contributed by atoms with Gasteiger partial charge in [-0.2, -0.15) is 0 Å². The van der Waals surface area contributed by atoms with E-state index in [9.17, 15) is 51.0 Å². The van der Waals surface area contributed by atoms with Crippen LogP contribution >= 0.6 is 11.6 Å². The molecule has 4 heterocycles. The largest absolute Gasteiger partial charge is 0.460 e. The number of ether oxygens (including phenoxy) is 8. The van der Waals surface area contributed by atoms with Gasteiger partial charge >= 0.3 is 0 Å². The van der Waals surface area contributed by atoms with Gasteiger partial charge in [0.25, 0.3) is 5.69 Å². The number of aliphatic hydroxyl groups is 8. The predicted molar refractivity (Wildman–Crippen MR) is 165 cm³/mol. The molecule has 19 nitrogen and oxygen atoms in total. The Morgan fingerprint density at radius 1 is 0.745 bits per heavy atom. The van der Waals surface area contributed by atoms with Crippen molar-refractivity contribution >= 4 is 17.3 Å². The second-order valence-corrected chi connectivity index (χ2v) is 12.7. The molecule has 0 bridgehead atoms. The van der Waals surface area contributed by atoms with Gasteiger partial charge in [-0.05, 0) is 6.07 Å². The number of nitro groups is 1.